The van der Waals surface area contributed by atoms with Crippen molar-refractivity contribution in [3.8, 4) is 11.5 Å². The fourth-order valence-electron chi connectivity index (χ4n) is 3.64. The van der Waals surface area contributed by atoms with Crippen LogP contribution in [0.15, 0.2) is 42.5 Å². The maximum absolute atomic E-state index is 13.0. The summed E-state index contributed by atoms with van der Waals surface area (Å²) in [7, 11) is 0. The molecular weight excluding hydrogens is 386 g/mol. The zero-order valence-corrected chi connectivity index (χ0v) is 16.9. The van der Waals surface area contributed by atoms with Gasteiger partial charge >= 0.3 is 6.03 Å². The van der Waals surface area contributed by atoms with E-state index in [1.165, 1.54) is 0 Å². The Morgan fingerprint density at radius 1 is 1.10 bits per heavy atom. The number of ether oxygens (including phenoxy) is 2. The predicted octanol–water partition coefficient (Wildman–Crippen LogP) is 2.47. The minimum atomic E-state index is -1.15. The summed E-state index contributed by atoms with van der Waals surface area (Å²) in [5, 5.41) is 5.44. The summed E-state index contributed by atoms with van der Waals surface area (Å²) in [6.45, 7) is 3.51. The lowest BCUT2D eigenvalue weighted by molar-refractivity contribution is -0.133. The molecule has 8 heteroatoms. The second kappa shape index (κ2) is 7.70. The molecule has 2 aromatic rings. The highest BCUT2D eigenvalue weighted by atomic mass is 16.7. The molecule has 0 spiro atoms. The lowest BCUT2D eigenvalue weighted by atomic mass is 9.92. The van der Waals surface area contributed by atoms with E-state index >= 15 is 0 Å². The van der Waals surface area contributed by atoms with Gasteiger partial charge in [-0.3, -0.25) is 14.5 Å². The van der Waals surface area contributed by atoms with E-state index in [0.717, 1.165) is 22.4 Å². The van der Waals surface area contributed by atoms with Crippen LogP contribution in [0.4, 0.5) is 10.5 Å². The second-order valence-electron chi connectivity index (χ2n) is 7.62. The molecule has 0 aliphatic carbocycles. The van der Waals surface area contributed by atoms with Crippen molar-refractivity contribution in [2.45, 2.75) is 32.2 Å². The van der Waals surface area contributed by atoms with Crippen molar-refractivity contribution < 1.29 is 23.9 Å². The number of fused-ring (bicyclic) bond motifs is 1. The molecule has 1 saturated heterocycles. The van der Waals surface area contributed by atoms with Crippen LogP contribution in [-0.4, -0.2) is 41.6 Å². The van der Waals surface area contributed by atoms with E-state index in [4.69, 9.17) is 9.47 Å². The zero-order chi connectivity index (χ0) is 21.3. The summed E-state index contributed by atoms with van der Waals surface area (Å²) in [5.74, 6) is 0.380. The normalized spacial score (nSPS) is 19.7. The number of hydrogen-bond acceptors (Lipinski definition) is 5. The first-order valence-corrected chi connectivity index (χ1v) is 9.79. The van der Waals surface area contributed by atoms with Crippen LogP contribution >= 0.6 is 0 Å². The van der Waals surface area contributed by atoms with Crippen LogP contribution in [-0.2, 0) is 22.4 Å². The molecule has 30 heavy (non-hydrogen) atoms. The van der Waals surface area contributed by atoms with Crippen LogP contribution in [0, 0.1) is 0 Å². The Bertz CT molecular complexity index is 1000. The van der Waals surface area contributed by atoms with Crippen molar-refractivity contribution in [2.75, 3.05) is 18.7 Å². The Labute approximate surface area is 174 Å². The maximum Gasteiger partial charge on any atom is 0.325 e. The first kappa shape index (κ1) is 19.8. The summed E-state index contributed by atoms with van der Waals surface area (Å²) in [5.41, 5.74) is 1.44. The van der Waals surface area contributed by atoms with Gasteiger partial charge in [0.25, 0.3) is 5.91 Å². The number of nitrogens with zero attached hydrogens (tertiary/aromatic N) is 1. The van der Waals surface area contributed by atoms with Crippen molar-refractivity contribution in [1.29, 1.82) is 0 Å². The molecule has 0 radical (unpaired) electrons. The Morgan fingerprint density at radius 2 is 1.80 bits per heavy atom. The van der Waals surface area contributed by atoms with Gasteiger partial charge in [0.05, 0.1) is 0 Å². The average Bonchev–Trinajstić information content (AvgIpc) is 3.26. The summed E-state index contributed by atoms with van der Waals surface area (Å²) < 4.78 is 10.7. The van der Waals surface area contributed by atoms with Gasteiger partial charge in [-0.05, 0) is 48.7 Å². The van der Waals surface area contributed by atoms with Crippen LogP contribution < -0.4 is 20.1 Å². The highest BCUT2D eigenvalue weighted by molar-refractivity contribution is 6.10. The standard InChI is InChI=1S/C22H23N3O5/c1-3-14-4-7-16(8-5-14)23-19(26)12-25-20(27)22(2,24-21(25)28)11-15-6-9-17-18(10-15)30-13-29-17/h4-10H,3,11-13H2,1-2H3,(H,23,26)(H,24,28)/t22-/m0/s1. The molecule has 0 aromatic heterocycles. The van der Waals surface area contributed by atoms with Gasteiger partial charge in [0.15, 0.2) is 11.5 Å². The lowest BCUT2D eigenvalue weighted by Crippen LogP contribution is -2.46. The quantitative estimate of drug-likeness (QED) is 0.715. The number of amides is 4. The first-order chi connectivity index (χ1) is 14.4. The number of urea groups is 1. The van der Waals surface area contributed by atoms with Crippen molar-refractivity contribution in [3.63, 3.8) is 0 Å². The monoisotopic (exact) mass is 409 g/mol. The van der Waals surface area contributed by atoms with E-state index in [1.54, 1.807) is 31.2 Å². The van der Waals surface area contributed by atoms with Crippen LogP contribution in [0.3, 0.4) is 0 Å². The van der Waals surface area contributed by atoms with Gasteiger partial charge in [0.1, 0.15) is 12.1 Å². The molecule has 0 bridgehead atoms. The first-order valence-electron chi connectivity index (χ1n) is 9.79. The summed E-state index contributed by atoms with van der Waals surface area (Å²) in [6.07, 6.45) is 1.17. The molecule has 1 atom stereocenters. The topological polar surface area (TPSA) is 97.0 Å². The summed E-state index contributed by atoms with van der Waals surface area (Å²) in [4.78, 5) is 38.7. The molecule has 1 fully saturated rings. The van der Waals surface area contributed by atoms with Crippen molar-refractivity contribution in [3.05, 3.63) is 53.6 Å². The SMILES string of the molecule is CCc1ccc(NC(=O)CN2C(=O)N[C@@](C)(Cc3ccc4c(c3)OCO4)C2=O)cc1. The highest BCUT2D eigenvalue weighted by Gasteiger charge is 2.48. The van der Waals surface area contributed by atoms with Gasteiger partial charge in [-0.1, -0.05) is 25.1 Å². The van der Waals surface area contributed by atoms with Crippen LogP contribution in [0.5, 0.6) is 11.5 Å². The number of benzene rings is 2. The number of hydrogen-bond donors (Lipinski definition) is 2. The number of rotatable bonds is 6. The van der Waals surface area contributed by atoms with Crippen molar-refractivity contribution >= 4 is 23.5 Å². The predicted molar refractivity (Wildman–Crippen MR) is 109 cm³/mol. The van der Waals surface area contributed by atoms with Gasteiger partial charge < -0.3 is 20.1 Å². The number of imide groups is 1. The largest absolute Gasteiger partial charge is 0.454 e. The number of anilines is 1. The van der Waals surface area contributed by atoms with Crippen LogP contribution in [0.1, 0.15) is 25.0 Å². The molecule has 2 aliphatic rings. The van der Waals surface area contributed by atoms with E-state index in [-0.39, 0.29) is 19.8 Å². The third-order valence-corrected chi connectivity index (χ3v) is 5.29. The summed E-state index contributed by atoms with van der Waals surface area (Å²) >= 11 is 0. The van der Waals surface area contributed by atoms with Crippen LogP contribution in [0.25, 0.3) is 0 Å². The summed E-state index contributed by atoms with van der Waals surface area (Å²) in [6, 6.07) is 12.3. The van der Waals surface area contributed by atoms with Gasteiger partial charge in [0.2, 0.25) is 12.7 Å². The maximum atomic E-state index is 13.0. The second-order valence-corrected chi connectivity index (χ2v) is 7.62. The Morgan fingerprint density at radius 3 is 2.53 bits per heavy atom. The van der Waals surface area contributed by atoms with Crippen LogP contribution in [0.2, 0.25) is 0 Å². The third-order valence-electron chi connectivity index (χ3n) is 5.29. The highest BCUT2D eigenvalue weighted by Crippen LogP contribution is 2.34. The number of carbonyl (C=O) groups is 3. The molecule has 4 rings (SSSR count). The fourth-order valence-corrected chi connectivity index (χ4v) is 3.64. The minimum Gasteiger partial charge on any atom is -0.454 e. The number of aryl methyl sites for hydroxylation is 1. The smallest absolute Gasteiger partial charge is 0.325 e. The molecule has 2 heterocycles. The molecule has 2 N–H and O–H groups in total. The van der Waals surface area contributed by atoms with Gasteiger partial charge in [0, 0.05) is 12.1 Å². The van der Waals surface area contributed by atoms with Gasteiger partial charge in [-0.25, -0.2) is 4.79 Å². The molecule has 4 amide bonds. The molecule has 0 unspecified atom stereocenters. The Balaban J connectivity index is 1.41. The Hall–Kier alpha value is -3.55. The van der Waals surface area contributed by atoms with E-state index in [9.17, 15) is 14.4 Å². The molecule has 8 nitrogen and oxygen atoms in total. The van der Waals surface area contributed by atoms with E-state index < -0.39 is 23.4 Å². The third kappa shape index (κ3) is 3.80. The van der Waals surface area contributed by atoms with Crippen molar-refractivity contribution in [2.24, 2.45) is 0 Å². The molecule has 156 valence electrons. The minimum absolute atomic E-state index is 0.162. The number of nitrogens with one attached hydrogen (secondary N) is 2. The van der Waals surface area contributed by atoms with Gasteiger partial charge in [-0.2, -0.15) is 0 Å². The lowest BCUT2D eigenvalue weighted by Gasteiger charge is -2.22. The Kier molecular flexibility index (Phi) is 5.07. The van der Waals surface area contributed by atoms with E-state index in [1.807, 2.05) is 25.1 Å². The van der Waals surface area contributed by atoms with E-state index in [2.05, 4.69) is 10.6 Å². The molecule has 0 saturated carbocycles. The fraction of sp³-hybridized carbons (Fsp3) is 0.318. The molecule has 2 aliphatic heterocycles. The molecule has 2 aromatic carbocycles. The van der Waals surface area contributed by atoms with Gasteiger partial charge in [-0.15, -0.1) is 0 Å². The van der Waals surface area contributed by atoms with E-state index in [0.29, 0.717) is 17.2 Å². The van der Waals surface area contributed by atoms with Crippen molar-refractivity contribution in [1.82, 2.24) is 10.2 Å². The molecular formula is C22H23N3O5. The zero-order valence-electron chi connectivity index (χ0n) is 16.9. The average molecular weight is 409 g/mol. The number of carbonyl (C=O) groups excluding carboxylic acids is 3.